The van der Waals surface area contributed by atoms with Crippen LogP contribution in [-0.4, -0.2) is 22.2 Å². The van der Waals surface area contributed by atoms with E-state index in [0.717, 1.165) is 33.1 Å². The molecule has 1 saturated heterocycles. The van der Waals surface area contributed by atoms with Crippen LogP contribution >= 0.6 is 50.9 Å². The average molecular weight is 501 g/mol. The van der Waals surface area contributed by atoms with E-state index in [-0.39, 0.29) is 23.8 Å². The number of carbonyl (C=O) groups excluding carboxylic acids is 2. The number of halogens is 3. The molecule has 4 nitrogen and oxygen atoms in total. The molecule has 0 aliphatic carbocycles. The van der Waals surface area contributed by atoms with Crippen molar-refractivity contribution in [2.45, 2.75) is 26.5 Å². The molecule has 2 aromatic rings. The molecule has 0 aromatic heterocycles. The number of hydrogen-bond donors (Lipinski definition) is 0. The molecule has 0 radical (unpaired) electrons. The van der Waals surface area contributed by atoms with Gasteiger partial charge in [0.05, 0.1) is 32.1 Å². The van der Waals surface area contributed by atoms with Gasteiger partial charge in [-0.1, -0.05) is 35.3 Å². The highest BCUT2D eigenvalue weighted by Crippen LogP contribution is 2.35. The van der Waals surface area contributed by atoms with Crippen molar-refractivity contribution in [2.75, 3.05) is 0 Å². The summed E-state index contributed by atoms with van der Waals surface area (Å²) in [5.74, 6) is 0.388. The summed E-state index contributed by atoms with van der Waals surface area (Å²) in [6.07, 6.45) is 1.75. The molecule has 0 spiro atoms. The Morgan fingerprint density at radius 3 is 2.54 bits per heavy atom. The van der Waals surface area contributed by atoms with Crippen LogP contribution in [0.15, 0.2) is 45.8 Å². The Hall–Kier alpha value is -1.47. The zero-order valence-electron chi connectivity index (χ0n) is 15.0. The molecule has 8 heteroatoms. The van der Waals surface area contributed by atoms with Crippen LogP contribution in [-0.2, 0) is 11.3 Å². The summed E-state index contributed by atoms with van der Waals surface area (Å²) in [7, 11) is 0. The third-order valence-electron chi connectivity index (χ3n) is 3.81. The molecule has 1 fully saturated rings. The number of benzene rings is 2. The van der Waals surface area contributed by atoms with E-state index in [1.165, 1.54) is 4.90 Å². The maximum absolute atomic E-state index is 12.7. The molecular formula is C20H16BrCl2NO3S. The molecule has 0 bridgehead atoms. The van der Waals surface area contributed by atoms with E-state index in [9.17, 15) is 9.59 Å². The summed E-state index contributed by atoms with van der Waals surface area (Å²) in [5, 5.41) is 0.492. The normalized spacial score (nSPS) is 15.8. The third-order valence-corrected chi connectivity index (χ3v) is 6.08. The highest BCUT2D eigenvalue weighted by molar-refractivity contribution is 9.10. The molecule has 0 saturated carbocycles. The Kier molecular flexibility index (Phi) is 6.76. The van der Waals surface area contributed by atoms with Crippen molar-refractivity contribution in [3.05, 3.63) is 66.9 Å². The van der Waals surface area contributed by atoms with Crippen LogP contribution in [0.3, 0.4) is 0 Å². The van der Waals surface area contributed by atoms with Gasteiger partial charge >= 0.3 is 0 Å². The minimum absolute atomic E-state index is 0.0556. The van der Waals surface area contributed by atoms with Gasteiger partial charge in [0.2, 0.25) is 0 Å². The number of hydrogen-bond acceptors (Lipinski definition) is 4. The van der Waals surface area contributed by atoms with E-state index < -0.39 is 0 Å². The first-order valence-electron chi connectivity index (χ1n) is 8.40. The van der Waals surface area contributed by atoms with Crippen molar-refractivity contribution < 1.29 is 14.3 Å². The molecule has 0 atom stereocenters. The van der Waals surface area contributed by atoms with Crippen molar-refractivity contribution >= 4 is 68.1 Å². The lowest BCUT2D eigenvalue weighted by Crippen LogP contribution is -2.27. The summed E-state index contributed by atoms with van der Waals surface area (Å²) in [5.41, 5.74) is 1.53. The largest absolute Gasteiger partial charge is 0.490 e. The predicted octanol–water partition coefficient (Wildman–Crippen LogP) is 6.78. The molecule has 2 amide bonds. The van der Waals surface area contributed by atoms with Crippen LogP contribution in [0.1, 0.15) is 25.0 Å². The molecule has 0 unspecified atom stereocenters. The first-order valence-corrected chi connectivity index (χ1v) is 10.8. The fourth-order valence-electron chi connectivity index (χ4n) is 2.56. The number of carbonyl (C=O) groups is 2. The molecular weight excluding hydrogens is 485 g/mol. The van der Waals surface area contributed by atoms with E-state index >= 15 is 0 Å². The van der Waals surface area contributed by atoms with E-state index in [4.69, 9.17) is 27.9 Å². The van der Waals surface area contributed by atoms with Crippen molar-refractivity contribution in [3.8, 4) is 5.75 Å². The Bertz CT molecular complexity index is 978. The Labute approximate surface area is 186 Å². The number of nitrogens with zero attached hydrogens (tertiary/aromatic N) is 1. The third kappa shape index (κ3) is 4.92. The molecule has 3 rings (SSSR count). The van der Waals surface area contributed by atoms with E-state index in [2.05, 4.69) is 15.9 Å². The SMILES string of the molecule is CC(C)Oc1ccc(/C=C2\SC(=O)N(Cc3ccc(Cl)c(Cl)c3)C2=O)cc1Br. The second kappa shape index (κ2) is 8.91. The summed E-state index contributed by atoms with van der Waals surface area (Å²) in [4.78, 5) is 26.6. The lowest BCUT2D eigenvalue weighted by Gasteiger charge is -2.13. The van der Waals surface area contributed by atoms with Crippen LogP contribution in [0.4, 0.5) is 4.79 Å². The quantitative estimate of drug-likeness (QED) is 0.424. The van der Waals surface area contributed by atoms with Gasteiger partial charge in [0.25, 0.3) is 11.1 Å². The van der Waals surface area contributed by atoms with Gasteiger partial charge in [-0.3, -0.25) is 14.5 Å². The standard InChI is InChI=1S/C20H16BrCl2NO3S/c1-11(2)27-17-6-4-12(7-14(17)21)9-18-19(25)24(20(26)28-18)10-13-3-5-15(22)16(23)8-13/h3-9,11H,10H2,1-2H3/b18-9-. The maximum Gasteiger partial charge on any atom is 0.293 e. The number of ether oxygens (including phenoxy) is 1. The zero-order chi connectivity index (χ0) is 20.4. The molecule has 28 heavy (non-hydrogen) atoms. The number of thioether (sulfide) groups is 1. The van der Waals surface area contributed by atoms with Crippen LogP contribution in [0.5, 0.6) is 5.75 Å². The lowest BCUT2D eigenvalue weighted by molar-refractivity contribution is -0.123. The van der Waals surface area contributed by atoms with Crippen LogP contribution in [0, 0.1) is 0 Å². The van der Waals surface area contributed by atoms with Crippen molar-refractivity contribution in [3.63, 3.8) is 0 Å². The smallest absolute Gasteiger partial charge is 0.293 e. The second-order valence-electron chi connectivity index (χ2n) is 6.37. The van der Waals surface area contributed by atoms with Gasteiger partial charge < -0.3 is 4.74 Å². The molecule has 2 aromatic carbocycles. The van der Waals surface area contributed by atoms with Crippen molar-refractivity contribution in [1.29, 1.82) is 0 Å². The van der Waals surface area contributed by atoms with Gasteiger partial charge in [0.15, 0.2) is 0 Å². The highest BCUT2D eigenvalue weighted by Gasteiger charge is 2.35. The number of imide groups is 1. The summed E-state index contributed by atoms with van der Waals surface area (Å²) >= 11 is 16.3. The Balaban J connectivity index is 1.79. The first-order chi connectivity index (χ1) is 13.2. The van der Waals surface area contributed by atoms with Gasteiger partial charge in [-0.2, -0.15) is 0 Å². The van der Waals surface area contributed by atoms with Gasteiger partial charge in [0, 0.05) is 0 Å². The maximum atomic E-state index is 12.7. The van der Waals surface area contributed by atoms with Gasteiger partial charge in [-0.05, 0) is 83.0 Å². The molecule has 1 heterocycles. The first kappa shape index (κ1) is 21.2. The zero-order valence-corrected chi connectivity index (χ0v) is 19.0. The van der Waals surface area contributed by atoms with Gasteiger partial charge in [0.1, 0.15) is 5.75 Å². The summed E-state index contributed by atoms with van der Waals surface area (Å²) in [6.45, 7) is 4.04. The van der Waals surface area contributed by atoms with Gasteiger partial charge in [-0.25, -0.2) is 0 Å². The predicted molar refractivity (Wildman–Crippen MR) is 118 cm³/mol. The number of rotatable bonds is 5. The Morgan fingerprint density at radius 1 is 1.14 bits per heavy atom. The van der Waals surface area contributed by atoms with E-state index in [0.29, 0.717) is 15.0 Å². The van der Waals surface area contributed by atoms with Crippen LogP contribution in [0.25, 0.3) is 6.08 Å². The number of amides is 2. The highest BCUT2D eigenvalue weighted by atomic mass is 79.9. The minimum atomic E-state index is -0.334. The monoisotopic (exact) mass is 499 g/mol. The fraction of sp³-hybridized carbons (Fsp3) is 0.200. The van der Waals surface area contributed by atoms with E-state index in [1.54, 1.807) is 24.3 Å². The van der Waals surface area contributed by atoms with Crippen LogP contribution in [0.2, 0.25) is 10.0 Å². The van der Waals surface area contributed by atoms with Crippen molar-refractivity contribution in [1.82, 2.24) is 4.90 Å². The summed E-state index contributed by atoms with van der Waals surface area (Å²) in [6, 6.07) is 10.6. The Morgan fingerprint density at radius 2 is 1.89 bits per heavy atom. The average Bonchev–Trinajstić information content (AvgIpc) is 2.87. The fourth-order valence-corrected chi connectivity index (χ4v) is 4.21. The molecule has 146 valence electrons. The van der Waals surface area contributed by atoms with Crippen molar-refractivity contribution in [2.24, 2.45) is 0 Å². The van der Waals surface area contributed by atoms with Crippen LogP contribution < -0.4 is 4.74 Å². The lowest BCUT2D eigenvalue weighted by atomic mass is 10.2. The van der Waals surface area contributed by atoms with E-state index in [1.807, 2.05) is 32.0 Å². The topological polar surface area (TPSA) is 46.6 Å². The molecule has 1 aliphatic heterocycles. The minimum Gasteiger partial charge on any atom is -0.490 e. The molecule has 0 N–H and O–H groups in total. The summed E-state index contributed by atoms with van der Waals surface area (Å²) < 4.78 is 6.47. The molecule has 1 aliphatic rings. The van der Waals surface area contributed by atoms with Gasteiger partial charge in [-0.15, -0.1) is 0 Å². The second-order valence-corrected chi connectivity index (χ2v) is 9.03.